The lowest BCUT2D eigenvalue weighted by Crippen LogP contribution is -2.25. The minimum atomic E-state index is -0.190. The zero-order valence-electron chi connectivity index (χ0n) is 19.1. The van der Waals surface area contributed by atoms with E-state index >= 15 is 0 Å². The van der Waals surface area contributed by atoms with Gasteiger partial charge in [-0.3, -0.25) is 4.79 Å². The molecule has 1 N–H and O–H groups in total. The van der Waals surface area contributed by atoms with Crippen LogP contribution < -0.4 is 10.2 Å². The fraction of sp³-hybridized carbons (Fsp3) is 0.269. The van der Waals surface area contributed by atoms with E-state index in [1.807, 2.05) is 36.4 Å². The molecule has 1 aliphatic rings. The highest BCUT2D eigenvalue weighted by atomic mass is 16.5. The SMILES string of the molecule is Cc1nc(-c2ccc(C(=O)Nc3ccc(-c4ccc(N5CCCCCC5)nn4)cc3)cc2)no1. The Labute approximate surface area is 198 Å². The lowest BCUT2D eigenvalue weighted by Gasteiger charge is -2.20. The Morgan fingerprint density at radius 2 is 1.56 bits per heavy atom. The number of amides is 1. The van der Waals surface area contributed by atoms with Crippen LogP contribution in [0, 0.1) is 6.92 Å². The van der Waals surface area contributed by atoms with Crippen LogP contribution in [-0.2, 0) is 0 Å². The van der Waals surface area contributed by atoms with Crippen LogP contribution in [0.5, 0.6) is 0 Å². The van der Waals surface area contributed by atoms with E-state index in [9.17, 15) is 4.79 Å². The number of carbonyl (C=O) groups excluding carboxylic acids is 1. The molecule has 1 fully saturated rings. The number of anilines is 2. The third-order valence-electron chi connectivity index (χ3n) is 5.95. The van der Waals surface area contributed by atoms with Gasteiger partial charge in [0.05, 0.1) is 5.69 Å². The number of nitrogens with zero attached hydrogens (tertiary/aromatic N) is 5. The van der Waals surface area contributed by atoms with Crippen molar-refractivity contribution in [1.82, 2.24) is 20.3 Å². The van der Waals surface area contributed by atoms with Crippen molar-refractivity contribution in [2.75, 3.05) is 23.3 Å². The lowest BCUT2D eigenvalue weighted by molar-refractivity contribution is 0.102. The van der Waals surface area contributed by atoms with E-state index < -0.39 is 0 Å². The highest BCUT2D eigenvalue weighted by molar-refractivity contribution is 6.04. The van der Waals surface area contributed by atoms with E-state index in [0.29, 0.717) is 23.0 Å². The highest BCUT2D eigenvalue weighted by Crippen LogP contribution is 2.23. The molecule has 2 aromatic carbocycles. The molecular formula is C26H26N6O2. The van der Waals surface area contributed by atoms with Crippen LogP contribution in [0.25, 0.3) is 22.6 Å². The largest absolute Gasteiger partial charge is 0.355 e. The molecule has 4 aromatic rings. The number of carbonyl (C=O) groups is 1. The summed E-state index contributed by atoms with van der Waals surface area (Å²) in [5.74, 6) is 1.75. The molecule has 8 heteroatoms. The fourth-order valence-electron chi connectivity index (χ4n) is 4.06. The second-order valence-corrected chi connectivity index (χ2v) is 8.42. The van der Waals surface area contributed by atoms with Gasteiger partial charge in [-0.1, -0.05) is 42.3 Å². The zero-order valence-corrected chi connectivity index (χ0v) is 19.1. The number of hydrogen-bond donors (Lipinski definition) is 1. The molecule has 1 aliphatic heterocycles. The van der Waals surface area contributed by atoms with Crippen LogP contribution in [0.3, 0.4) is 0 Å². The number of rotatable bonds is 5. The summed E-state index contributed by atoms with van der Waals surface area (Å²) in [6.45, 7) is 3.83. The second-order valence-electron chi connectivity index (χ2n) is 8.42. The van der Waals surface area contributed by atoms with Crippen molar-refractivity contribution in [2.24, 2.45) is 0 Å². The van der Waals surface area contributed by atoms with Gasteiger partial charge < -0.3 is 14.7 Å². The van der Waals surface area contributed by atoms with E-state index in [4.69, 9.17) is 4.52 Å². The van der Waals surface area contributed by atoms with Crippen LogP contribution in [0.15, 0.2) is 65.2 Å². The first kappa shape index (κ1) is 21.8. The van der Waals surface area contributed by atoms with Crippen LogP contribution >= 0.6 is 0 Å². The average Bonchev–Trinajstić information content (AvgIpc) is 3.13. The number of hydrogen-bond acceptors (Lipinski definition) is 7. The predicted molar refractivity (Wildman–Crippen MR) is 131 cm³/mol. The van der Waals surface area contributed by atoms with Gasteiger partial charge in [0, 0.05) is 42.4 Å². The summed E-state index contributed by atoms with van der Waals surface area (Å²) < 4.78 is 5.00. The third-order valence-corrected chi connectivity index (χ3v) is 5.95. The van der Waals surface area contributed by atoms with Gasteiger partial charge >= 0.3 is 0 Å². The van der Waals surface area contributed by atoms with Crippen LogP contribution in [-0.4, -0.2) is 39.3 Å². The topological polar surface area (TPSA) is 97.0 Å². The van der Waals surface area contributed by atoms with Crippen molar-refractivity contribution < 1.29 is 9.32 Å². The Kier molecular flexibility index (Phi) is 6.29. The molecule has 0 bridgehead atoms. The maximum atomic E-state index is 12.6. The molecule has 0 aliphatic carbocycles. The van der Waals surface area contributed by atoms with Gasteiger partial charge in [0.25, 0.3) is 5.91 Å². The molecule has 0 spiro atoms. The van der Waals surface area contributed by atoms with Crippen molar-refractivity contribution in [1.29, 1.82) is 0 Å². The number of nitrogens with one attached hydrogen (secondary N) is 1. The Balaban J connectivity index is 1.22. The summed E-state index contributed by atoms with van der Waals surface area (Å²) in [6.07, 6.45) is 4.99. The molecule has 0 radical (unpaired) electrons. The van der Waals surface area contributed by atoms with Crippen molar-refractivity contribution in [3.63, 3.8) is 0 Å². The van der Waals surface area contributed by atoms with Crippen molar-refractivity contribution in [3.8, 4) is 22.6 Å². The monoisotopic (exact) mass is 454 g/mol. The molecule has 3 heterocycles. The molecule has 1 amide bonds. The molecule has 5 rings (SSSR count). The molecule has 0 atom stereocenters. The minimum absolute atomic E-state index is 0.190. The lowest BCUT2D eigenvalue weighted by atomic mass is 10.1. The Bertz CT molecular complexity index is 1240. The molecule has 8 nitrogen and oxygen atoms in total. The average molecular weight is 455 g/mol. The summed E-state index contributed by atoms with van der Waals surface area (Å²) in [5.41, 5.74) is 3.81. The summed E-state index contributed by atoms with van der Waals surface area (Å²) in [6, 6.07) is 18.8. The third kappa shape index (κ3) is 4.96. The van der Waals surface area contributed by atoms with Gasteiger partial charge in [0.1, 0.15) is 0 Å². The van der Waals surface area contributed by atoms with E-state index in [2.05, 4.69) is 30.6 Å². The van der Waals surface area contributed by atoms with E-state index in [0.717, 1.165) is 35.7 Å². The van der Waals surface area contributed by atoms with E-state index in [-0.39, 0.29) is 5.91 Å². The summed E-state index contributed by atoms with van der Waals surface area (Å²) in [4.78, 5) is 19.2. The molecule has 34 heavy (non-hydrogen) atoms. The molecular weight excluding hydrogens is 428 g/mol. The Morgan fingerprint density at radius 1 is 0.853 bits per heavy atom. The molecule has 172 valence electrons. The summed E-state index contributed by atoms with van der Waals surface area (Å²) in [5, 5.41) is 15.7. The molecule has 0 unspecified atom stereocenters. The molecule has 2 aromatic heterocycles. The van der Waals surface area contributed by atoms with Gasteiger partial charge in [0.2, 0.25) is 11.7 Å². The van der Waals surface area contributed by atoms with Crippen LogP contribution in [0.2, 0.25) is 0 Å². The van der Waals surface area contributed by atoms with Gasteiger partial charge in [0.15, 0.2) is 5.82 Å². The van der Waals surface area contributed by atoms with Crippen LogP contribution in [0.4, 0.5) is 11.5 Å². The highest BCUT2D eigenvalue weighted by Gasteiger charge is 2.13. The second kappa shape index (κ2) is 9.82. The van der Waals surface area contributed by atoms with Crippen molar-refractivity contribution in [3.05, 3.63) is 72.1 Å². The molecule has 1 saturated heterocycles. The fourth-order valence-corrected chi connectivity index (χ4v) is 4.06. The van der Waals surface area contributed by atoms with Gasteiger partial charge in [-0.05, 0) is 49.2 Å². The first-order valence-corrected chi connectivity index (χ1v) is 11.6. The predicted octanol–water partition coefficient (Wildman–Crippen LogP) is 5.13. The van der Waals surface area contributed by atoms with E-state index in [1.165, 1.54) is 25.7 Å². The number of aromatic nitrogens is 4. The van der Waals surface area contributed by atoms with Crippen molar-refractivity contribution in [2.45, 2.75) is 32.6 Å². The Morgan fingerprint density at radius 3 is 2.18 bits per heavy atom. The number of aryl methyl sites for hydroxylation is 1. The maximum Gasteiger partial charge on any atom is 0.255 e. The Hall–Kier alpha value is -4.07. The minimum Gasteiger partial charge on any atom is -0.355 e. The summed E-state index contributed by atoms with van der Waals surface area (Å²) >= 11 is 0. The van der Waals surface area contributed by atoms with Crippen molar-refractivity contribution >= 4 is 17.4 Å². The van der Waals surface area contributed by atoms with Gasteiger partial charge in [-0.2, -0.15) is 4.98 Å². The summed E-state index contributed by atoms with van der Waals surface area (Å²) in [7, 11) is 0. The quantitative estimate of drug-likeness (QED) is 0.446. The smallest absolute Gasteiger partial charge is 0.255 e. The van der Waals surface area contributed by atoms with E-state index in [1.54, 1.807) is 31.2 Å². The first-order valence-electron chi connectivity index (χ1n) is 11.6. The molecule has 0 saturated carbocycles. The first-order chi connectivity index (χ1) is 16.7. The van der Waals surface area contributed by atoms with Crippen LogP contribution in [0.1, 0.15) is 41.9 Å². The van der Waals surface area contributed by atoms with Gasteiger partial charge in [-0.15, -0.1) is 10.2 Å². The zero-order chi connectivity index (χ0) is 23.3. The maximum absolute atomic E-state index is 12.6. The standard InChI is InChI=1S/C26H26N6O2/c1-18-27-25(31-34-18)20-6-8-21(9-7-20)26(33)28-22-12-10-19(11-13-22)23-14-15-24(30-29-23)32-16-4-2-3-5-17-32/h6-15H,2-5,16-17H2,1H3,(H,28,33). The van der Waals surface area contributed by atoms with Gasteiger partial charge in [-0.25, -0.2) is 0 Å². The normalized spacial score (nSPS) is 14.0. The number of benzene rings is 2.